The molecule has 0 heterocycles. The molecule has 7 heteroatoms. The average Bonchev–Trinajstić information content (AvgIpc) is 3.44. The zero-order valence-corrected chi connectivity index (χ0v) is 14.1. The highest BCUT2D eigenvalue weighted by molar-refractivity contribution is 6.00. The van der Waals surface area contributed by atoms with Crippen LogP contribution in [0.1, 0.15) is 43.4 Å². The van der Waals surface area contributed by atoms with Gasteiger partial charge in [0.2, 0.25) is 0 Å². The third-order valence-electron chi connectivity index (χ3n) is 4.06. The maximum atomic E-state index is 12.7. The van der Waals surface area contributed by atoms with Gasteiger partial charge in [-0.15, -0.1) is 0 Å². The molecular weight excluding hydrogens is 328 g/mol. The van der Waals surface area contributed by atoms with Crippen LogP contribution in [-0.2, 0) is 9.59 Å². The smallest absolute Gasteiger partial charge is 0.268 e. The molecule has 0 bridgehead atoms. The minimum Gasteiger partial charge on any atom is -0.344 e. The Morgan fingerprint density at radius 3 is 2.32 bits per heavy atom. The van der Waals surface area contributed by atoms with Crippen molar-refractivity contribution in [1.29, 1.82) is 0 Å². The molecule has 0 aromatic heterocycles. The van der Waals surface area contributed by atoms with Gasteiger partial charge in [-0.2, -0.15) is 0 Å². The number of aldehydes is 1. The van der Waals surface area contributed by atoms with Crippen LogP contribution in [0.5, 0.6) is 0 Å². The van der Waals surface area contributed by atoms with E-state index in [-0.39, 0.29) is 23.2 Å². The van der Waals surface area contributed by atoms with Gasteiger partial charge in [0.15, 0.2) is 0 Å². The number of carbonyl (C=O) groups is 2. The molecule has 0 saturated heterocycles. The fraction of sp³-hybridized carbons (Fsp3) is 0.389. The third-order valence-corrected chi connectivity index (χ3v) is 4.06. The lowest BCUT2D eigenvalue weighted by molar-refractivity contribution is -0.119. The van der Waals surface area contributed by atoms with Gasteiger partial charge in [0.1, 0.15) is 12.0 Å². The summed E-state index contributed by atoms with van der Waals surface area (Å²) in [7, 11) is 1.57. The fourth-order valence-corrected chi connectivity index (χ4v) is 2.46. The Morgan fingerprint density at radius 2 is 1.84 bits per heavy atom. The van der Waals surface area contributed by atoms with Crippen molar-refractivity contribution in [2.24, 2.45) is 10.9 Å². The van der Waals surface area contributed by atoms with Gasteiger partial charge in [0, 0.05) is 18.7 Å². The summed E-state index contributed by atoms with van der Waals surface area (Å²) in [6.07, 6.45) is 1.04. The number of nitrogens with zero attached hydrogens (tertiary/aromatic N) is 1. The van der Waals surface area contributed by atoms with E-state index < -0.39 is 12.3 Å². The molecule has 2 N–H and O–H groups in total. The topological polar surface area (TPSA) is 70.6 Å². The second kappa shape index (κ2) is 8.50. The van der Waals surface area contributed by atoms with Crippen molar-refractivity contribution < 1.29 is 18.4 Å². The Kier molecular flexibility index (Phi) is 6.38. The molecule has 1 atom stereocenters. The molecule has 1 amide bonds. The summed E-state index contributed by atoms with van der Waals surface area (Å²) < 4.78 is 25.4. The van der Waals surface area contributed by atoms with Gasteiger partial charge < -0.3 is 10.6 Å². The number of hydrogen-bond donors (Lipinski definition) is 2. The quantitative estimate of drug-likeness (QED) is 0.344. The molecule has 1 fully saturated rings. The normalized spacial score (nSPS) is 16.5. The molecule has 134 valence electrons. The van der Waals surface area contributed by atoms with Crippen molar-refractivity contribution in [3.8, 4) is 0 Å². The van der Waals surface area contributed by atoms with Crippen LogP contribution in [0, 0.1) is 5.92 Å². The predicted octanol–water partition coefficient (Wildman–Crippen LogP) is 2.91. The van der Waals surface area contributed by atoms with Gasteiger partial charge in [0.05, 0.1) is 11.9 Å². The van der Waals surface area contributed by atoms with Gasteiger partial charge in [0.25, 0.3) is 12.3 Å². The highest BCUT2D eigenvalue weighted by Crippen LogP contribution is 2.41. The van der Waals surface area contributed by atoms with Crippen LogP contribution in [0.4, 0.5) is 8.78 Å². The number of hydrogen-bond acceptors (Lipinski definition) is 3. The van der Waals surface area contributed by atoms with Crippen molar-refractivity contribution in [2.75, 3.05) is 7.05 Å². The lowest BCUT2D eigenvalue weighted by Gasteiger charge is -2.20. The minimum absolute atomic E-state index is 0.0531. The van der Waals surface area contributed by atoms with Crippen molar-refractivity contribution in [3.05, 3.63) is 47.2 Å². The van der Waals surface area contributed by atoms with E-state index in [1.165, 1.54) is 12.1 Å². The number of aliphatic imine (C=N–C) groups is 1. The summed E-state index contributed by atoms with van der Waals surface area (Å²) in [5, 5.41) is 5.66. The number of halogens is 2. The standard InChI is InChI=1S/C18H21F2N3O2/c1-11(21-2)22-15(9-10-24)18(25)23-16(12-3-4-12)13-5-7-14(8-6-13)17(19)20/h5-10,12,16-17H,3-4H2,1-2H3,(H,21,22)(H,23,25)/b15-9-/t16-/m1/s1. The monoisotopic (exact) mass is 349 g/mol. The van der Waals surface area contributed by atoms with E-state index in [2.05, 4.69) is 15.6 Å². The second-order valence-electron chi connectivity index (χ2n) is 5.91. The van der Waals surface area contributed by atoms with Gasteiger partial charge >= 0.3 is 0 Å². The van der Waals surface area contributed by atoms with Gasteiger partial charge in [-0.1, -0.05) is 24.3 Å². The molecular formula is C18H21F2N3O2. The highest BCUT2D eigenvalue weighted by atomic mass is 19.3. The Morgan fingerprint density at radius 1 is 1.24 bits per heavy atom. The molecule has 1 saturated carbocycles. The van der Waals surface area contributed by atoms with Gasteiger partial charge in [-0.3, -0.25) is 14.6 Å². The summed E-state index contributed by atoms with van der Waals surface area (Å²) in [4.78, 5) is 27.2. The summed E-state index contributed by atoms with van der Waals surface area (Å²) in [6, 6.07) is 5.68. The first-order valence-electron chi connectivity index (χ1n) is 8.01. The van der Waals surface area contributed by atoms with E-state index in [0.29, 0.717) is 12.1 Å². The maximum absolute atomic E-state index is 12.7. The summed E-state index contributed by atoms with van der Waals surface area (Å²) in [5.41, 5.74) is 0.808. The van der Waals surface area contributed by atoms with Crippen molar-refractivity contribution >= 4 is 18.0 Å². The molecule has 0 spiro atoms. The Labute approximate surface area is 145 Å². The summed E-state index contributed by atoms with van der Waals surface area (Å²) >= 11 is 0. The predicted molar refractivity (Wildman–Crippen MR) is 91.3 cm³/mol. The average molecular weight is 349 g/mol. The lowest BCUT2D eigenvalue weighted by Crippen LogP contribution is -2.37. The van der Waals surface area contributed by atoms with E-state index >= 15 is 0 Å². The molecule has 1 aromatic rings. The Hall–Kier alpha value is -2.57. The first kappa shape index (κ1) is 18.8. The van der Waals surface area contributed by atoms with E-state index in [4.69, 9.17) is 0 Å². The molecule has 2 rings (SSSR count). The molecule has 1 aromatic carbocycles. The molecule has 1 aliphatic carbocycles. The Bertz CT molecular complexity index is 680. The van der Waals surface area contributed by atoms with Crippen molar-refractivity contribution in [1.82, 2.24) is 10.6 Å². The van der Waals surface area contributed by atoms with E-state index in [9.17, 15) is 18.4 Å². The minimum atomic E-state index is -2.52. The third kappa shape index (κ3) is 5.20. The fourth-order valence-electron chi connectivity index (χ4n) is 2.46. The molecule has 25 heavy (non-hydrogen) atoms. The molecule has 1 aliphatic rings. The van der Waals surface area contributed by atoms with E-state index in [1.807, 2.05) is 0 Å². The van der Waals surface area contributed by atoms with Gasteiger partial charge in [-0.25, -0.2) is 8.78 Å². The van der Waals surface area contributed by atoms with Crippen LogP contribution in [0.15, 0.2) is 41.0 Å². The van der Waals surface area contributed by atoms with Crippen LogP contribution in [-0.4, -0.2) is 25.1 Å². The number of benzene rings is 1. The molecule has 0 radical (unpaired) electrons. The number of alkyl halides is 2. The first-order valence-corrected chi connectivity index (χ1v) is 8.01. The molecule has 0 aliphatic heterocycles. The van der Waals surface area contributed by atoms with Gasteiger partial charge in [-0.05, 0) is 31.2 Å². The number of rotatable bonds is 7. The van der Waals surface area contributed by atoms with E-state index in [1.54, 1.807) is 26.1 Å². The number of nitrogens with one attached hydrogen (secondary N) is 2. The molecule has 5 nitrogen and oxygen atoms in total. The van der Waals surface area contributed by atoms with Crippen molar-refractivity contribution in [3.63, 3.8) is 0 Å². The van der Waals surface area contributed by atoms with E-state index in [0.717, 1.165) is 24.5 Å². The zero-order valence-electron chi connectivity index (χ0n) is 14.1. The van der Waals surface area contributed by atoms with Crippen LogP contribution in [0.3, 0.4) is 0 Å². The van der Waals surface area contributed by atoms with Crippen LogP contribution in [0.25, 0.3) is 0 Å². The number of allylic oxidation sites excluding steroid dienone is 1. The summed E-state index contributed by atoms with van der Waals surface area (Å²) in [6.45, 7) is 1.67. The van der Waals surface area contributed by atoms with Crippen LogP contribution in [0.2, 0.25) is 0 Å². The SMILES string of the molecule is CN=C(C)N/C(=C\C=O)C(=O)N[C@@H](c1ccc(C(F)F)cc1)C1CC1. The Balaban J connectivity index is 2.16. The summed E-state index contributed by atoms with van der Waals surface area (Å²) in [5.74, 6) is 0.317. The number of amides is 1. The highest BCUT2D eigenvalue weighted by Gasteiger charge is 2.34. The second-order valence-corrected chi connectivity index (χ2v) is 5.91. The largest absolute Gasteiger partial charge is 0.344 e. The number of amidine groups is 1. The lowest BCUT2D eigenvalue weighted by atomic mass is 10.0. The molecule has 0 unspecified atom stereocenters. The maximum Gasteiger partial charge on any atom is 0.268 e. The zero-order chi connectivity index (χ0) is 18.4. The van der Waals surface area contributed by atoms with Crippen LogP contribution < -0.4 is 10.6 Å². The van der Waals surface area contributed by atoms with Crippen LogP contribution >= 0.6 is 0 Å². The van der Waals surface area contributed by atoms with Crippen molar-refractivity contribution in [2.45, 2.75) is 32.2 Å². The first-order chi connectivity index (χ1) is 12.0. The number of carbonyl (C=O) groups excluding carboxylic acids is 2.